The van der Waals surface area contributed by atoms with E-state index in [0.29, 0.717) is 59.8 Å². The van der Waals surface area contributed by atoms with E-state index >= 15 is 0 Å². The van der Waals surface area contributed by atoms with Crippen LogP contribution in [0.4, 0.5) is 4.79 Å². The van der Waals surface area contributed by atoms with Gasteiger partial charge in [-0.15, -0.1) is 0 Å². The van der Waals surface area contributed by atoms with Gasteiger partial charge in [-0.05, 0) is 61.4 Å². The van der Waals surface area contributed by atoms with Crippen LogP contribution < -0.4 is 9.47 Å². The molecular weight excluding hydrogens is 450 g/mol. The molecule has 0 unspecified atom stereocenters. The monoisotopic (exact) mass is 475 g/mol. The van der Waals surface area contributed by atoms with Gasteiger partial charge in [-0.3, -0.25) is 14.5 Å². The standard InChI is InChI=1S/C24H26ClNO5S/c1-4-30-20-13-18(14-21-23(27)26(24(28)32-21)9-6-10-29-3)12-19(25)22(20)31-15-17-8-5-7-16(2)11-17/h5,7-8,11-14H,4,6,9-10,15H2,1-3H3/b21-14+. The molecule has 0 spiro atoms. The zero-order valence-corrected chi connectivity index (χ0v) is 19.9. The lowest BCUT2D eigenvalue weighted by Gasteiger charge is -2.15. The van der Waals surface area contributed by atoms with Gasteiger partial charge >= 0.3 is 0 Å². The molecule has 1 fully saturated rings. The third-order valence-electron chi connectivity index (χ3n) is 4.70. The van der Waals surface area contributed by atoms with E-state index in [0.717, 1.165) is 22.9 Å². The minimum Gasteiger partial charge on any atom is -0.490 e. The lowest BCUT2D eigenvalue weighted by atomic mass is 10.1. The van der Waals surface area contributed by atoms with Crippen molar-refractivity contribution in [2.75, 3.05) is 26.9 Å². The van der Waals surface area contributed by atoms with Crippen molar-refractivity contribution in [1.29, 1.82) is 0 Å². The maximum atomic E-state index is 12.7. The van der Waals surface area contributed by atoms with Crippen LogP contribution in [0.25, 0.3) is 6.08 Å². The highest BCUT2D eigenvalue weighted by Crippen LogP contribution is 2.39. The quantitative estimate of drug-likeness (QED) is 0.324. The normalized spacial score (nSPS) is 15.0. The molecule has 1 aliphatic rings. The average Bonchev–Trinajstić information content (AvgIpc) is 3.01. The van der Waals surface area contributed by atoms with E-state index in [1.165, 1.54) is 4.90 Å². The van der Waals surface area contributed by atoms with Crippen molar-refractivity contribution < 1.29 is 23.8 Å². The number of benzene rings is 2. The predicted octanol–water partition coefficient (Wildman–Crippen LogP) is 5.70. The maximum Gasteiger partial charge on any atom is 0.293 e. The molecule has 0 aliphatic carbocycles. The number of nitrogens with zero attached hydrogens (tertiary/aromatic N) is 1. The summed E-state index contributed by atoms with van der Waals surface area (Å²) in [6, 6.07) is 11.5. The summed E-state index contributed by atoms with van der Waals surface area (Å²) in [6.45, 7) is 5.48. The van der Waals surface area contributed by atoms with E-state index < -0.39 is 0 Å². The first-order chi connectivity index (χ1) is 15.4. The number of methoxy groups -OCH3 is 1. The Morgan fingerprint density at radius 3 is 2.69 bits per heavy atom. The van der Waals surface area contributed by atoms with Crippen LogP contribution in [0.1, 0.15) is 30.0 Å². The fourth-order valence-electron chi connectivity index (χ4n) is 3.24. The zero-order valence-electron chi connectivity index (χ0n) is 18.4. The third kappa shape index (κ3) is 6.06. The van der Waals surface area contributed by atoms with Crippen LogP contribution in [0.15, 0.2) is 41.3 Å². The van der Waals surface area contributed by atoms with Crippen LogP contribution >= 0.6 is 23.4 Å². The molecule has 170 valence electrons. The molecule has 6 nitrogen and oxygen atoms in total. The molecule has 0 aromatic heterocycles. The van der Waals surface area contributed by atoms with Crippen LogP contribution in [0.2, 0.25) is 5.02 Å². The number of carbonyl (C=O) groups excluding carboxylic acids is 2. The molecule has 2 aromatic rings. The van der Waals surface area contributed by atoms with E-state index in [2.05, 4.69) is 0 Å². The highest BCUT2D eigenvalue weighted by molar-refractivity contribution is 8.18. The van der Waals surface area contributed by atoms with Crippen molar-refractivity contribution in [3.8, 4) is 11.5 Å². The number of hydrogen-bond donors (Lipinski definition) is 0. The second-order valence-corrected chi connectivity index (χ2v) is 8.62. The fourth-order valence-corrected chi connectivity index (χ4v) is 4.38. The molecule has 0 saturated carbocycles. The lowest BCUT2D eigenvalue weighted by Crippen LogP contribution is -2.29. The number of rotatable bonds is 10. The minimum absolute atomic E-state index is 0.286. The van der Waals surface area contributed by atoms with Crippen LogP contribution in [0.3, 0.4) is 0 Å². The lowest BCUT2D eigenvalue weighted by molar-refractivity contribution is -0.122. The summed E-state index contributed by atoms with van der Waals surface area (Å²) in [5.41, 5.74) is 2.83. The summed E-state index contributed by atoms with van der Waals surface area (Å²) in [5.74, 6) is 0.614. The molecule has 1 aliphatic heterocycles. The van der Waals surface area contributed by atoms with Crippen LogP contribution in [0, 0.1) is 6.92 Å². The van der Waals surface area contributed by atoms with Gasteiger partial charge in [0.15, 0.2) is 11.5 Å². The van der Waals surface area contributed by atoms with Gasteiger partial charge in [0.05, 0.1) is 16.5 Å². The van der Waals surface area contributed by atoms with Gasteiger partial charge in [0.25, 0.3) is 11.1 Å². The minimum atomic E-state index is -0.315. The summed E-state index contributed by atoms with van der Waals surface area (Å²) in [7, 11) is 1.58. The van der Waals surface area contributed by atoms with E-state index in [4.69, 9.17) is 25.8 Å². The second kappa shape index (κ2) is 11.4. The number of imide groups is 1. The molecule has 1 saturated heterocycles. The number of hydrogen-bond acceptors (Lipinski definition) is 6. The highest BCUT2D eigenvalue weighted by Gasteiger charge is 2.34. The van der Waals surface area contributed by atoms with Gasteiger partial charge in [-0.1, -0.05) is 41.4 Å². The molecule has 0 N–H and O–H groups in total. The molecular formula is C24H26ClNO5S. The summed E-state index contributed by atoms with van der Waals surface area (Å²) in [4.78, 5) is 26.5. The molecule has 0 radical (unpaired) electrons. The van der Waals surface area contributed by atoms with E-state index in [9.17, 15) is 9.59 Å². The Balaban J connectivity index is 1.80. The first-order valence-corrected chi connectivity index (χ1v) is 11.5. The first kappa shape index (κ1) is 24.2. The van der Waals surface area contributed by atoms with Crippen LogP contribution in [0.5, 0.6) is 11.5 Å². The largest absolute Gasteiger partial charge is 0.490 e. The molecule has 8 heteroatoms. The first-order valence-electron chi connectivity index (χ1n) is 10.3. The van der Waals surface area contributed by atoms with Gasteiger partial charge in [0, 0.05) is 20.3 Å². The maximum absolute atomic E-state index is 12.7. The Labute approximate surface area is 197 Å². The number of ether oxygens (including phenoxy) is 3. The molecule has 0 atom stereocenters. The SMILES string of the molecule is CCOc1cc(/C=C2/SC(=O)N(CCCOC)C2=O)cc(Cl)c1OCc1cccc(C)c1. The van der Waals surface area contributed by atoms with E-state index in [1.807, 2.05) is 38.1 Å². The van der Waals surface area contributed by atoms with Crippen molar-refractivity contribution in [2.45, 2.75) is 26.9 Å². The Morgan fingerprint density at radius 1 is 1.16 bits per heavy atom. The van der Waals surface area contributed by atoms with E-state index in [-0.39, 0.29) is 11.1 Å². The number of halogens is 1. The van der Waals surface area contributed by atoms with Crippen LogP contribution in [-0.4, -0.2) is 42.9 Å². The van der Waals surface area contributed by atoms with Gasteiger partial charge in [-0.25, -0.2) is 0 Å². The second-order valence-electron chi connectivity index (χ2n) is 7.22. The number of amides is 2. The molecule has 2 amide bonds. The van der Waals surface area contributed by atoms with E-state index in [1.54, 1.807) is 25.3 Å². The van der Waals surface area contributed by atoms with Crippen molar-refractivity contribution in [3.05, 3.63) is 63.0 Å². The molecule has 1 heterocycles. The topological polar surface area (TPSA) is 65.1 Å². The molecule has 3 rings (SSSR count). The van der Waals surface area contributed by atoms with Gasteiger partial charge < -0.3 is 14.2 Å². The highest BCUT2D eigenvalue weighted by atomic mass is 35.5. The number of aryl methyl sites for hydroxylation is 1. The number of thioether (sulfide) groups is 1. The molecule has 32 heavy (non-hydrogen) atoms. The van der Waals surface area contributed by atoms with Crippen molar-refractivity contribution >= 4 is 40.6 Å². The Hall–Kier alpha value is -2.48. The predicted molar refractivity (Wildman–Crippen MR) is 127 cm³/mol. The molecule has 0 bridgehead atoms. The van der Waals surface area contributed by atoms with Gasteiger partial charge in [0.1, 0.15) is 6.61 Å². The smallest absolute Gasteiger partial charge is 0.293 e. The van der Waals surface area contributed by atoms with Crippen molar-refractivity contribution in [3.63, 3.8) is 0 Å². The Kier molecular flexibility index (Phi) is 8.61. The van der Waals surface area contributed by atoms with Gasteiger partial charge in [0.2, 0.25) is 0 Å². The third-order valence-corrected chi connectivity index (χ3v) is 5.89. The van der Waals surface area contributed by atoms with Crippen molar-refractivity contribution in [1.82, 2.24) is 4.90 Å². The Morgan fingerprint density at radius 2 is 1.97 bits per heavy atom. The van der Waals surface area contributed by atoms with Crippen molar-refractivity contribution in [2.24, 2.45) is 0 Å². The summed E-state index contributed by atoms with van der Waals surface area (Å²) in [6.07, 6.45) is 2.25. The fraction of sp³-hybridized carbons (Fsp3) is 0.333. The molecule has 2 aromatic carbocycles. The zero-order chi connectivity index (χ0) is 23.1. The summed E-state index contributed by atoms with van der Waals surface area (Å²) < 4.78 is 16.7. The number of carbonyl (C=O) groups is 2. The van der Waals surface area contributed by atoms with Gasteiger partial charge in [-0.2, -0.15) is 0 Å². The average molecular weight is 476 g/mol. The van der Waals surface area contributed by atoms with Crippen LogP contribution in [-0.2, 0) is 16.1 Å². The Bertz CT molecular complexity index is 1020. The summed E-state index contributed by atoms with van der Waals surface area (Å²) in [5, 5.41) is 0.0840. The summed E-state index contributed by atoms with van der Waals surface area (Å²) >= 11 is 7.43.